The molecule has 1 fully saturated rings. The number of carbonyl (C=O) groups excluding carboxylic acids is 1. The molecule has 0 bridgehead atoms. The van der Waals surface area contributed by atoms with Gasteiger partial charge in [0.15, 0.2) is 0 Å². The highest BCUT2D eigenvalue weighted by atomic mass is 35.5. The molecule has 26 heavy (non-hydrogen) atoms. The van der Waals surface area contributed by atoms with Crippen LogP contribution in [0.3, 0.4) is 0 Å². The topological polar surface area (TPSA) is 125 Å². The quantitative estimate of drug-likeness (QED) is 0.499. The number of benzene rings is 1. The van der Waals surface area contributed by atoms with Crippen molar-refractivity contribution in [1.29, 1.82) is 0 Å². The highest BCUT2D eigenvalue weighted by Crippen LogP contribution is 2.24. The number of nitrogens with one attached hydrogen (secondary N) is 3. The first kappa shape index (κ1) is 17.7. The summed E-state index contributed by atoms with van der Waals surface area (Å²) in [6, 6.07) is 6.75. The standard InChI is InChI=1S/C15H16ClN7O3/c16-10-1-3-11(4-2-10)20-14-19-9-12(23(25)26)13(21-14)17-5-7-22-8-6-18-15(22)24/h1-4,9H,5-8H2,(H,18,24)(H2,17,19,20,21). The van der Waals surface area contributed by atoms with E-state index in [1.165, 1.54) is 0 Å². The molecule has 1 aromatic heterocycles. The Labute approximate surface area is 153 Å². The van der Waals surface area contributed by atoms with Crippen molar-refractivity contribution >= 4 is 40.8 Å². The third kappa shape index (κ3) is 4.28. The van der Waals surface area contributed by atoms with Crippen LogP contribution in [-0.2, 0) is 0 Å². The SMILES string of the molecule is O=C1NCCN1CCNc1nc(Nc2ccc(Cl)cc2)ncc1[N+](=O)[O-]. The number of rotatable bonds is 7. The van der Waals surface area contributed by atoms with E-state index in [2.05, 4.69) is 25.9 Å². The van der Waals surface area contributed by atoms with Crippen molar-refractivity contribution in [3.8, 4) is 0 Å². The summed E-state index contributed by atoms with van der Waals surface area (Å²) in [6.07, 6.45) is 1.14. The van der Waals surface area contributed by atoms with Crippen LogP contribution in [0.2, 0.25) is 5.02 Å². The van der Waals surface area contributed by atoms with Crippen LogP contribution in [0.1, 0.15) is 0 Å². The van der Waals surface area contributed by atoms with Crippen molar-refractivity contribution in [3.05, 3.63) is 45.6 Å². The van der Waals surface area contributed by atoms with E-state index in [0.717, 1.165) is 6.20 Å². The molecule has 10 nitrogen and oxygen atoms in total. The first-order valence-corrected chi connectivity index (χ1v) is 8.21. The Hall–Kier alpha value is -3.14. The van der Waals surface area contributed by atoms with E-state index >= 15 is 0 Å². The van der Waals surface area contributed by atoms with Crippen molar-refractivity contribution in [1.82, 2.24) is 20.2 Å². The smallest absolute Gasteiger partial charge is 0.329 e. The molecule has 0 saturated carbocycles. The van der Waals surface area contributed by atoms with Gasteiger partial charge in [-0.3, -0.25) is 10.1 Å². The Morgan fingerprint density at radius 3 is 2.77 bits per heavy atom. The molecule has 1 aliphatic heterocycles. The first-order chi connectivity index (χ1) is 12.5. The number of halogens is 1. The summed E-state index contributed by atoms with van der Waals surface area (Å²) in [4.78, 5) is 31.9. The van der Waals surface area contributed by atoms with Crippen LogP contribution in [0.4, 0.5) is 27.9 Å². The molecule has 11 heteroatoms. The zero-order valence-corrected chi connectivity index (χ0v) is 14.4. The number of hydrogen-bond acceptors (Lipinski definition) is 7. The molecule has 2 heterocycles. The number of urea groups is 1. The van der Waals surface area contributed by atoms with Gasteiger partial charge in [0.25, 0.3) is 0 Å². The molecule has 0 unspecified atom stereocenters. The lowest BCUT2D eigenvalue weighted by molar-refractivity contribution is -0.384. The number of amides is 2. The monoisotopic (exact) mass is 377 g/mol. The lowest BCUT2D eigenvalue weighted by atomic mass is 10.3. The minimum atomic E-state index is -0.559. The van der Waals surface area contributed by atoms with Gasteiger partial charge < -0.3 is 20.9 Å². The molecule has 0 spiro atoms. The van der Waals surface area contributed by atoms with E-state index in [-0.39, 0.29) is 23.5 Å². The van der Waals surface area contributed by atoms with Gasteiger partial charge in [0, 0.05) is 36.9 Å². The molecule has 0 radical (unpaired) electrons. The molecule has 1 saturated heterocycles. The number of anilines is 3. The van der Waals surface area contributed by atoms with Crippen LogP contribution < -0.4 is 16.0 Å². The predicted octanol–water partition coefficient (Wildman–Crippen LogP) is 2.22. The third-order valence-corrected chi connectivity index (χ3v) is 3.94. The summed E-state index contributed by atoms with van der Waals surface area (Å²) >= 11 is 5.84. The van der Waals surface area contributed by atoms with Gasteiger partial charge >= 0.3 is 11.7 Å². The number of carbonyl (C=O) groups is 1. The van der Waals surface area contributed by atoms with Crippen LogP contribution in [0.5, 0.6) is 0 Å². The fraction of sp³-hybridized carbons (Fsp3) is 0.267. The maximum absolute atomic E-state index is 11.5. The van der Waals surface area contributed by atoms with Gasteiger partial charge in [-0.05, 0) is 24.3 Å². The van der Waals surface area contributed by atoms with E-state index in [1.54, 1.807) is 29.2 Å². The van der Waals surface area contributed by atoms with E-state index < -0.39 is 4.92 Å². The lowest BCUT2D eigenvalue weighted by Gasteiger charge is -2.14. The van der Waals surface area contributed by atoms with Gasteiger partial charge in [0.05, 0.1) is 4.92 Å². The van der Waals surface area contributed by atoms with Gasteiger partial charge in [-0.15, -0.1) is 0 Å². The zero-order chi connectivity index (χ0) is 18.5. The fourth-order valence-electron chi connectivity index (χ4n) is 2.40. The largest absolute Gasteiger partial charge is 0.362 e. The third-order valence-electron chi connectivity index (χ3n) is 3.69. The molecule has 3 rings (SSSR count). The highest BCUT2D eigenvalue weighted by molar-refractivity contribution is 6.30. The average Bonchev–Trinajstić information content (AvgIpc) is 3.02. The van der Waals surface area contributed by atoms with Gasteiger partial charge in [-0.2, -0.15) is 4.98 Å². The lowest BCUT2D eigenvalue weighted by Crippen LogP contribution is -2.32. The van der Waals surface area contributed by atoms with Gasteiger partial charge in [-0.1, -0.05) is 11.6 Å². The predicted molar refractivity (Wildman–Crippen MR) is 96.9 cm³/mol. The second kappa shape index (κ2) is 7.83. The Morgan fingerprint density at radius 1 is 1.35 bits per heavy atom. The summed E-state index contributed by atoms with van der Waals surface area (Å²) in [6.45, 7) is 1.94. The molecule has 2 aromatic rings. The molecule has 0 aliphatic carbocycles. The van der Waals surface area contributed by atoms with Crippen molar-refractivity contribution < 1.29 is 9.72 Å². The number of hydrogen-bond donors (Lipinski definition) is 3. The normalized spacial score (nSPS) is 13.4. The maximum Gasteiger partial charge on any atom is 0.329 e. The molecule has 3 N–H and O–H groups in total. The summed E-state index contributed by atoms with van der Waals surface area (Å²) in [7, 11) is 0. The summed E-state index contributed by atoms with van der Waals surface area (Å²) in [5, 5.41) is 20.3. The van der Waals surface area contributed by atoms with E-state index in [0.29, 0.717) is 36.9 Å². The molecule has 0 atom stereocenters. The second-order valence-electron chi connectivity index (χ2n) is 5.46. The number of aromatic nitrogens is 2. The van der Waals surface area contributed by atoms with E-state index in [9.17, 15) is 14.9 Å². The Balaban J connectivity index is 1.70. The minimum Gasteiger partial charge on any atom is -0.362 e. The van der Waals surface area contributed by atoms with Gasteiger partial charge in [0.2, 0.25) is 11.8 Å². The molecular weight excluding hydrogens is 362 g/mol. The fourth-order valence-corrected chi connectivity index (χ4v) is 2.52. The number of nitro groups is 1. The summed E-state index contributed by atoms with van der Waals surface area (Å²) < 4.78 is 0. The van der Waals surface area contributed by atoms with E-state index in [4.69, 9.17) is 11.6 Å². The maximum atomic E-state index is 11.5. The van der Waals surface area contributed by atoms with Crippen LogP contribution >= 0.6 is 11.6 Å². The van der Waals surface area contributed by atoms with E-state index in [1.807, 2.05) is 0 Å². The zero-order valence-electron chi connectivity index (χ0n) is 13.6. The molecule has 1 aliphatic rings. The highest BCUT2D eigenvalue weighted by Gasteiger charge is 2.20. The molecule has 2 amide bonds. The molecular formula is C15H16ClN7O3. The molecule has 1 aromatic carbocycles. The average molecular weight is 378 g/mol. The Kier molecular flexibility index (Phi) is 5.32. The van der Waals surface area contributed by atoms with Gasteiger partial charge in [-0.25, -0.2) is 9.78 Å². The van der Waals surface area contributed by atoms with Crippen LogP contribution in [0, 0.1) is 10.1 Å². The van der Waals surface area contributed by atoms with Gasteiger partial charge in [0.1, 0.15) is 6.20 Å². The Bertz CT molecular complexity index is 815. The van der Waals surface area contributed by atoms with Crippen LogP contribution in [0.15, 0.2) is 30.5 Å². The number of nitrogens with zero attached hydrogens (tertiary/aromatic N) is 4. The van der Waals surface area contributed by atoms with Crippen molar-refractivity contribution in [2.75, 3.05) is 36.8 Å². The Morgan fingerprint density at radius 2 is 2.12 bits per heavy atom. The first-order valence-electron chi connectivity index (χ1n) is 7.83. The molecule has 136 valence electrons. The minimum absolute atomic E-state index is 0.0843. The van der Waals surface area contributed by atoms with Crippen LogP contribution in [-0.4, -0.2) is 52.0 Å². The summed E-state index contributed by atoms with van der Waals surface area (Å²) in [5.41, 5.74) is 0.459. The van der Waals surface area contributed by atoms with Crippen molar-refractivity contribution in [2.24, 2.45) is 0 Å². The van der Waals surface area contributed by atoms with Crippen molar-refractivity contribution in [2.45, 2.75) is 0 Å². The van der Waals surface area contributed by atoms with Crippen molar-refractivity contribution in [3.63, 3.8) is 0 Å². The summed E-state index contributed by atoms with van der Waals surface area (Å²) in [5.74, 6) is 0.292. The second-order valence-corrected chi connectivity index (χ2v) is 5.90. The van der Waals surface area contributed by atoms with Crippen LogP contribution in [0.25, 0.3) is 0 Å².